The molecule has 0 radical (unpaired) electrons. The van der Waals surface area contributed by atoms with Crippen LogP contribution in [0.1, 0.15) is 5.56 Å². The van der Waals surface area contributed by atoms with E-state index in [0.717, 1.165) is 5.56 Å². The topological polar surface area (TPSA) is 58.3 Å². The molecule has 0 unspecified atom stereocenters. The lowest BCUT2D eigenvalue weighted by molar-refractivity contribution is 0.475. The van der Waals surface area contributed by atoms with Crippen molar-refractivity contribution < 1.29 is 5.11 Å². The average Bonchev–Trinajstić information content (AvgIpc) is 1.95. The molecule has 3 heteroatoms. The summed E-state index contributed by atoms with van der Waals surface area (Å²) in [7, 11) is 0. The van der Waals surface area contributed by atoms with Gasteiger partial charge in [0.1, 0.15) is 5.75 Å². The highest BCUT2D eigenvalue weighted by Crippen LogP contribution is 2.08. The first-order valence-electron chi connectivity index (χ1n) is 3.04. The predicted octanol–water partition coefficient (Wildman–Crippen LogP) is 0.355. The molecule has 0 atom stereocenters. The molecular weight excluding hydrogens is 128 g/mol. The molecule has 1 aromatic carbocycles. The van der Waals surface area contributed by atoms with Gasteiger partial charge in [0.15, 0.2) is 0 Å². The molecule has 0 saturated carbocycles. The van der Waals surface area contributed by atoms with Crippen LogP contribution in [0.2, 0.25) is 0 Å². The number of benzene rings is 1. The first-order valence-corrected chi connectivity index (χ1v) is 3.04. The van der Waals surface area contributed by atoms with Crippen molar-refractivity contribution in [1.82, 2.24) is 5.43 Å². The van der Waals surface area contributed by atoms with Crippen molar-refractivity contribution in [3.05, 3.63) is 29.8 Å². The standard InChI is InChI=1S/C7H10N2O/c8-9-5-6-1-3-7(10)4-2-6/h1-4,9-10H,5,8H2. The maximum atomic E-state index is 8.87. The molecule has 0 heterocycles. The second kappa shape index (κ2) is 3.20. The van der Waals surface area contributed by atoms with Crippen LogP contribution in [0, 0.1) is 0 Å². The van der Waals surface area contributed by atoms with E-state index in [0.29, 0.717) is 6.54 Å². The zero-order chi connectivity index (χ0) is 7.40. The van der Waals surface area contributed by atoms with Crippen molar-refractivity contribution in [2.45, 2.75) is 6.54 Å². The highest BCUT2D eigenvalue weighted by atomic mass is 16.3. The summed E-state index contributed by atoms with van der Waals surface area (Å²) in [6.07, 6.45) is 0. The van der Waals surface area contributed by atoms with Gasteiger partial charge >= 0.3 is 0 Å². The molecule has 0 amide bonds. The van der Waals surface area contributed by atoms with Gasteiger partial charge < -0.3 is 5.11 Å². The Kier molecular flexibility index (Phi) is 2.25. The minimum Gasteiger partial charge on any atom is -0.508 e. The summed E-state index contributed by atoms with van der Waals surface area (Å²) in [6.45, 7) is 0.625. The molecule has 1 rings (SSSR count). The molecule has 0 aliphatic heterocycles. The Balaban J connectivity index is 2.69. The number of nitrogens with two attached hydrogens (primary N) is 1. The lowest BCUT2D eigenvalue weighted by Crippen LogP contribution is -2.20. The van der Waals surface area contributed by atoms with Crippen molar-refractivity contribution in [3.63, 3.8) is 0 Å². The summed E-state index contributed by atoms with van der Waals surface area (Å²) >= 11 is 0. The molecule has 4 N–H and O–H groups in total. The SMILES string of the molecule is NNCc1ccc(O)cc1. The van der Waals surface area contributed by atoms with Crippen LogP contribution < -0.4 is 11.3 Å². The van der Waals surface area contributed by atoms with Crippen molar-refractivity contribution in [2.24, 2.45) is 5.84 Å². The third-order valence-corrected chi connectivity index (χ3v) is 1.24. The Morgan fingerprint density at radius 1 is 1.30 bits per heavy atom. The van der Waals surface area contributed by atoms with E-state index in [9.17, 15) is 0 Å². The average molecular weight is 138 g/mol. The molecule has 0 fully saturated rings. The predicted molar refractivity (Wildman–Crippen MR) is 39.1 cm³/mol. The monoisotopic (exact) mass is 138 g/mol. The molecule has 3 nitrogen and oxygen atoms in total. The smallest absolute Gasteiger partial charge is 0.115 e. The Hall–Kier alpha value is -1.06. The molecule has 1 aromatic rings. The highest BCUT2D eigenvalue weighted by Gasteiger charge is 1.89. The van der Waals surface area contributed by atoms with Gasteiger partial charge in [-0.15, -0.1) is 0 Å². The Morgan fingerprint density at radius 2 is 1.90 bits per heavy atom. The number of hydrogen-bond donors (Lipinski definition) is 3. The van der Waals surface area contributed by atoms with E-state index in [1.54, 1.807) is 12.1 Å². The van der Waals surface area contributed by atoms with E-state index in [1.807, 2.05) is 12.1 Å². The number of hydrazine groups is 1. The number of hydrogen-bond acceptors (Lipinski definition) is 3. The van der Waals surface area contributed by atoms with Crippen LogP contribution in [0.25, 0.3) is 0 Å². The number of aromatic hydroxyl groups is 1. The Labute approximate surface area is 59.5 Å². The fourth-order valence-electron chi connectivity index (χ4n) is 0.732. The summed E-state index contributed by atoms with van der Waals surface area (Å²) in [5.41, 5.74) is 3.58. The van der Waals surface area contributed by atoms with E-state index in [2.05, 4.69) is 5.43 Å². The molecular formula is C7H10N2O. The maximum absolute atomic E-state index is 8.87. The molecule has 0 aromatic heterocycles. The van der Waals surface area contributed by atoms with Gasteiger partial charge in [-0.25, -0.2) is 0 Å². The van der Waals surface area contributed by atoms with Crippen LogP contribution in [0.5, 0.6) is 5.75 Å². The van der Waals surface area contributed by atoms with E-state index >= 15 is 0 Å². The third-order valence-electron chi connectivity index (χ3n) is 1.24. The minimum absolute atomic E-state index is 0.278. The number of phenols is 1. The fraction of sp³-hybridized carbons (Fsp3) is 0.143. The molecule has 0 bridgehead atoms. The third kappa shape index (κ3) is 1.72. The van der Waals surface area contributed by atoms with Crippen molar-refractivity contribution in [1.29, 1.82) is 0 Å². The summed E-state index contributed by atoms with van der Waals surface area (Å²) < 4.78 is 0. The summed E-state index contributed by atoms with van der Waals surface area (Å²) in [6, 6.07) is 6.89. The first kappa shape index (κ1) is 7.05. The van der Waals surface area contributed by atoms with Crippen molar-refractivity contribution >= 4 is 0 Å². The zero-order valence-corrected chi connectivity index (χ0v) is 5.54. The number of phenolic OH excluding ortho intramolecular Hbond substituents is 1. The first-order chi connectivity index (χ1) is 4.83. The van der Waals surface area contributed by atoms with Gasteiger partial charge in [-0.05, 0) is 17.7 Å². The van der Waals surface area contributed by atoms with Gasteiger partial charge in [0.05, 0.1) is 0 Å². The molecule has 0 aliphatic carbocycles. The van der Waals surface area contributed by atoms with Gasteiger partial charge in [-0.3, -0.25) is 11.3 Å². The number of nitrogens with one attached hydrogen (secondary N) is 1. The Bertz CT molecular complexity index is 195. The second-order valence-corrected chi connectivity index (χ2v) is 2.05. The summed E-state index contributed by atoms with van der Waals surface area (Å²) in [4.78, 5) is 0. The maximum Gasteiger partial charge on any atom is 0.115 e. The second-order valence-electron chi connectivity index (χ2n) is 2.05. The molecule has 10 heavy (non-hydrogen) atoms. The van der Waals surface area contributed by atoms with Crippen LogP contribution in [0.15, 0.2) is 24.3 Å². The summed E-state index contributed by atoms with van der Waals surface area (Å²) in [5.74, 6) is 5.36. The van der Waals surface area contributed by atoms with Crippen LogP contribution >= 0.6 is 0 Å². The van der Waals surface area contributed by atoms with E-state index in [1.165, 1.54) is 0 Å². The number of rotatable bonds is 2. The van der Waals surface area contributed by atoms with Crippen LogP contribution in [-0.4, -0.2) is 5.11 Å². The zero-order valence-electron chi connectivity index (χ0n) is 5.54. The van der Waals surface area contributed by atoms with Crippen LogP contribution in [0.4, 0.5) is 0 Å². The molecule has 54 valence electrons. The minimum atomic E-state index is 0.278. The largest absolute Gasteiger partial charge is 0.508 e. The van der Waals surface area contributed by atoms with Gasteiger partial charge in [0, 0.05) is 6.54 Å². The lowest BCUT2D eigenvalue weighted by atomic mass is 10.2. The van der Waals surface area contributed by atoms with Gasteiger partial charge in [-0.1, -0.05) is 12.1 Å². The van der Waals surface area contributed by atoms with E-state index in [-0.39, 0.29) is 5.75 Å². The van der Waals surface area contributed by atoms with E-state index in [4.69, 9.17) is 10.9 Å². The van der Waals surface area contributed by atoms with Crippen molar-refractivity contribution in [3.8, 4) is 5.75 Å². The summed E-state index contributed by atoms with van der Waals surface area (Å²) in [5, 5.41) is 8.87. The van der Waals surface area contributed by atoms with Crippen LogP contribution in [0.3, 0.4) is 0 Å². The normalized spacial score (nSPS) is 9.70. The van der Waals surface area contributed by atoms with Gasteiger partial charge in [0.2, 0.25) is 0 Å². The molecule has 0 saturated heterocycles. The fourth-order valence-corrected chi connectivity index (χ4v) is 0.732. The van der Waals surface area contributed by atoms with Crippen LogP contribution in [-0.2, 0) is 6.54 Å². The lowest BCUT2D eigenvalue weighted by Gasteiger charge is -1.97. The molecule has 0 spiro atoms. The van der Waals surface area contributed by atoms with Gasteiger partial charge in [0.25, 0.3) is 0 Å². The highest BCUT2D eigenvalue weighted by molar-refractivity contribution is 5.25. The quantitative estimate of drug-likeness (QED) is 0.408. The van der Waals surface area contributed by atoms with E-state index < -0.39 is 0 Å². The molecule has 0 aliphatic rings. The Morgan fingerprint density at radius 3 is 2.40 bits per heavy atom. The van der Waals surface area contributed by atoms with Gasteiger partial charge in [-0.2, -0.15) is 0 Å². The van der Waals surface area contributed by atoms with Crippen molar-refractivity contribution in [2.75, 3.05) is 0 Å².